The maximum absolute atomic E-state index is 11.3. The van der Waals surface area contributed by atoms with Crippen LogP contribution in [0.3, 0.4) is 0 Å². The number of hydrogen-bond acceptors (Lipinski definition) is 3. The Morgan fingerprint density at radius 1 is 1.31 bits per heavy atom. The van der Waals surface area contributed by atoms with E-state index in [0.717, 1.165) is 0 Å². The Bertz CT molecular complexity index is 378. The number of carbonyl (C=O) groups excluding carboxylic acids is 1. The van der Waals surface area contributed by atoms with Gasteiger partial charge in [-0.15, -0.1) is 4.91 Å². The Morgan fingerprint density at radius 3 is 2.38 bits per heavy atom. The van der Waals surface area contributed by atoms with Crippen molar-refractivity contribution in [2.45, 2.75) is 0 Å². The van der Waals surface area contributed by atoms with Gasteiger partial charge in [0.25, 0.3) is 0 Å². The fourth-order valence-electron chi connectivity index (χ4n) is 0.839. The second-order valence-corrected chi connectivity index (χ2v) is 2.25. The van der Waals surface area contributed by atoms with E-state index in [1.54, 1.807) is 18.2 Å². The molecule has 0 fully saturated rings. The van der Waals surface area contributed by atoms with Crippen molar-refractivity contribution in [3.8, 4) is 0 Å². The van der Waals surface area contributed by atoms with Gasteiger partial charge < -0.3 is 5.41 Å². The van der Waals surface area contributed by atoms with Crippen LogP contribution in [0.4, 0.5) is 0 Å². The monoisotopic (exact) mass is 173 g/mol. The van der Waals surface area contributed by atoms with Crippen molar-refractivity contribution in [3.63, 3.8) is 0 Å². The highest BCUT2D eigenvalue weighted by molar-refractivity contribution is 6.13. The zero-order valence-corrected chi connectivity index (χ0v) is 6.60. The van der Waals surface area contributed by atoms with E-state index in [9.17, 15) is 9.70 Å². The fraction of sp³-hybridized carbons (Fsp3) is 0. The molecule has 0 aliphatic carbocycles. The van der Waals surface area contributed by atoms with Gasteiger partial charge in [0.05, 0.1) is 0 Å². The molecule has 0 radical (unpaired) electrons. The number of ketones is 1. The maximum atomic E-state index is 11.3. The first kappa shape index (κ1) is 9.03. The van der Waals surface area contributed by atoms with Crippen molar-refractivity contribution in [2.75, 3.05) is 0 Å². The molecule has 1 aromatic carbocycles. The Kier molecular flexibility index (Phi) is 2.84. The lowest BCUT2D eigenvalue weighted by Crippen LogP contribution is -2.00. The average Bonchev–Trinajstić information content (AvgIpc) is 2.21. The van der Waals surface area contributed by atoms with Crippen LogP contribution in [0.15, 0.2) is 41.2 Å². The first-order valence-electron chi connectivity index (χ1n) is 3.49. The van der Waals surface area contributed by atoms with Gasteiger partial charge in [-0.3, -0.25) is 4.79 Å². The number of hydrogen-bond donors (Lipinski definition) is 0. The first-order chi connectivity index (χ1) is 6.29. The zero-order valence-electron chi connectivity index (χ0n) is 6.60. The largest absolute Gasteiger partial charge is 0.761 e. The average molecular weight is 173 g/mol. The first-order valence-corrected chi connectivity index (χ1v) is 3.49. The summed E-state index contributed by atoms with van der Waals surface area (Å²) in [5.41, 5.74) is -0.329. The SMILES string of the molecule is [N-]=C=C(N=O)C(=O)c1ccccc1. The number of benzene rings is 1. The molecule has 13 heavy (non-hydrogen) atoms. The van der Waals surface area contributed by atoms with E-state index in [1.165, 1.54) is 18.0 Å². The van der Waals surface area contributed by atoms with Crippen molar-refractivity contribution in [3.05, 3.63) is 51.9 Å². The Balaban J connectivity index is 3.05. The van der Waals surface area contributed by atoms with Crippen LogP contribution in [0.1, 0.15) is 10.4 Å². The van der Waals surface area contributed by atoms with Crippen LogP contribution < -0.4 is 0 Å². The standard InChI is InChI=1S/C9H5N2O2/c10-6-8(11-13)9(12)7-4-2-1-3-5-7/h1-5H/q-1. The van der Waals surface area contributed by atoms with Crippen LogP contribution in [0, 0.1) is 4.91 Å². The highest BCUT2D eigenvalue weighted by atomic mass is 16.3. The lowest BCUT2D eigenvalue weighted by Gasteiger charge is -1.96. The van der Waals surface area contributed by atoms with E-state index in [0.29, 0.717) is 5.56 Å². The quantitative estimate of drug-likeness (QED) is 0.302. The van der Waals surface area contributed by atoms with Crippen LogP contribution in [0.25, 0.3) is 5.41 Å². The number of rotatable bonds is 3. The summed E-state index contributed by atoms with van der Waals surface area (Å²) < 4.78 is 0. The van der Waals surface area contributed by atoms with Crippen molar-refractivity contribution in [2.24, 2.45) is 5.18 Å². The lowest BCUT2D eigenvalue weighted by atomic mass is 10.1. The van der Waals surface area contributed by atoms with Gasteiger partial charge in [-0.1, -0.05) is 30.3 Å². The van der Waals surface area contributed by atoms with E-state index in [-0.39, 0.29) is 0 Å². The molecule has 0 saturated heterocycles. The zero-order chi connectivity index (χ0) is 9.68. The summed E-state index contributed by atoms with van der Waals surface area (Å²) in [6, 6.07) is 8.06. The van der Waals surface area contributed by atoms with E-state index < -0.39 is 11.5 Å². The van der Waals surface area contributed by atoms with Gasteiger partial charge in [-0.05, 0) is 5.18 Å². The fourth-order valence-corrected chi connectivity index (χ4v) is 0.839. The summed E-state index contributed by atoms with van der Waals surface area (Å²) in [6.07, 6.45) is 0. The molecule has 0 aromatic heterocycles. The summed E-state index contributed by atoms with van der Waals surface area (Å²) in [7, 11) is 0. The predicted molar refractivity (Wildman–Crippen MR) is 48.4 cm³/mol. The molecule has 0 N–H and O–H groups in total. The predicted octanol–water partition coefficient (Wildman–Crippen LogP) is 1.76. The molecule has 4 heteroatoms. The van der Waals surface area contributed by atoms with Crippen molar-refractivity contribution in [1.29, 1.82) is 0 Å². The Morgan fingerprint density at radius 2 is 1.92 bits per heavy atom. The molecular weight excluding hydrogens is 168 g/mol. The highest BCUT2D eigenvalue weighted by Gasteiger charge is 2.09. The van der Waals surface area contributed by atoms with Gasteiger partial charge in [0.2, 0.25) is 5.78 Å². The van der Waals surface area contributed by atoms with Crippen molar-refractivity contribution >= 4 is 11.7 Å². The molecule has 1 rings (SSSR count). The second-order valence-electron chi connectivity index (χ2n) is 2.25. The lowest BCUT2D eigenvalue weighted by molar-refractivity contribution is 0.103. The molecular formula is C9H5N2O2-. The minimum Gasteiger partial charge on any atom is -0.761 e. The minimum absolute atomic E-state index is 0.290. The minimum atomic E-state index is -0.641. The summed E-state index contributed by atoms with van der Waals surface area (Å²) >= 11 is 0. The van der Waals surface area contributed by atoms with Crippen molar-refractivity contribution < 1.29 is 4.79 Å². The number of allylic oxidation sites excluding steroid dienone is 1. The van der Waals surface area contributed by atoms with E-state index in [2.05, 4.69) is 5.18 Å². The third kappa shape index (κ3) is 1.95. The van der Waals surface area contributed by atoms with E-state index in [1.807, 2.05) is 0 Å². The molecule has 0 unspecified atom stereocenters. The van der Waals surface area contributed by atoms with Crippen LogP contribution in [0.2, 0.25) is 0 Å². The summed E-state index contributed by atoms with van der Waals surface area (Å²) in [6.45, 7) is 0. The number of carbonyl (C=O) groups is 1. The van der Waals surface area contributed by atoms with Gasteiger partial charge in [0.15, 0.2) is 5.70 Å². The molecule has 0 saturated carbocycles. The summed E-state index contributed by atoms with van der Waals surface area (Å²) in [5.74, 6) is 0.797. The number of nitrogens with zero attached hydrogens (tertiary/aromatic N) is 2. The molecule has 4 nitrogen and oxygen atoms in total. The van der Waals surface area contributed by atoms with Crippen LogP contribution in [-0.2, 0) is 0 Å². The molecule has 0 bridgehead atoms. The van der Waals surface area contributed by atoms with Gasteiger partial charge in [0.1, 0.15) is 0 Å². The molecule has 0 atom stereocenters. The molecule has 1 aromatic rings. The molecule has 64 valence electrons. The molecule has 0 amide bonds. The van der Waals surface area contributed by atoms with E-state index >= 15 is 0 Å². The third-order valence-corrected chi connectivity index (χ3v) is 1.45. The Labute approximate surface area is 74.4 Å². The van der Waals surface area contributed by atoms with E-state index in [4.69, 9.17) is 5.41 Å². The van der Waals surface area contributed by atoms with Gasteiger partial charge in [-0.25, -0.2) is 5.87 Å². The third-order valence-electron chi connectivity index (χ3n) is 1.45. The maximum Gasteiger partial charge on any atom is 0.221 e. The van der Waals surface area contributed by atoms with Gasteiger partial charge in [0, 0.05) is 5.56 Å². The summed E-state index contributed by atoms with van der Waals surface area (Å²) in [4.78, 5) is 21.3. The van der Waals surface area contributed by atoms with Gasteiger partial charge in [-0.2, -0.15) is 0 Å². The van der Waals surface area contributed by atoms with Crippen LogP contribution in [-0.4, -0.2) is 11.7 Å². The highest BCUT2D eigenvalue weighted by Crippen LogP contribution is 2.06. The topological polar surface area (TPSA) is 68.8 Å². The molecule has 0 aliphatic heterocycles. The molecule has 0 spiro atoms. The number of Topliss-reactive ketones (excluding diaryl/α,β-unsaturated/α-hetero) is 1. The summed E-state index contributed by atoms with van der Waals surface area (Å²) in [5, 5.41) is 10.7. The van der Waals surface area contributed by atoms with Crippen molar-refractivity contribution in [1.82, 2.24) is 0 Å². The van der Waals surface area contributed by atoms with Gasteiger partial charge >= 0.3 is 0 Å². The smallest absolute Gasteiger partial charge is 0.221 e. The molecule has 0 aliphatic rings. The number of nitroso groups, excluding NO2 is 1. The Hall–Kier alpha value is -2.06. The second kappa shape index (κ2) is 4.09. The normalized spacial score (nSPS) is 8.62. The van der Waals surface area contributed by atoms with Crippen LogP contribution >= 0.6 is 0 Å². The molecule has 0 heterocycles. The van der Waals surface area contributed by atoms with Crippen LogP contribution in [0.5, 0.6) is 0 Å².